The van der Waals surface area contributed by atoms with Gasteiger partial charge in [-0.1, -0.05) is 0 Å². The van der Waals surface area contributed by atoms with Crippen molar-refractivity contribution in [2.45, 2.75) is 31.7 Å². The topological polar surface area (TPSA) is 72.2 Å². The monoisotopic (exact) mass is 276 g/mol. The van der Waals surface area contributed by atoms with Crippen LogP contribution in [0.2, 0.25) is 0 Å². The summed E-state index contributed by atoms with van der Waals surface area (Å²) in [6, 6.07) is 6.54. The van der Waals surface area contributed by atoms with Crippen molar-refractivity contribution in [2.75, 3.05) is 7.11 Å². The predicted molar refractivity (Wildman–Crippen MR) is 72.9 cm³/mol. The molecule has 1 fully saturated rings. The van der Waals surface area contributed by atoms with Gasteiger partial charge in [-0.3, -0.25) is 0 Å². The van der Waals surface area contributed by atoms with Crippen LogP contribution < -0.4 is 10.4 Å². The first-order chi connectivity index (χ1) is 9.44. The normalized spacial score (nSPS) is 21.7. The van der Waals surface area contributed by atoms with E-state index in [0.29, 0.717) is 16.9 Å². The molecule has 1 aliphatic rings. The van der Waals surface area contributed by atoms with E-state index in [2.05, 4.69) is 0 Å². The molecule has 2 atom stereocenters. The van der Waals surface area contributed by atoms with Gasteiger partial charge in [-0.15, -0.1) is 0 Å². The Morgan fingerprint density at radius 2 is 1.95 bits per heavy atom. The molecule has 1 N–H and O–H groups in total. The van der Waals surface area contributed by atoms with Crippen LogP contribution in [-0.4, -0.2) is 23.9 Å². The standard InChI is InChI=1S/C15H16O5/c1-15(2)14(20-15)12(17)11-9(18-3)6-4-8-5-7-10(16)19-13(8)11/h4-7,12,14,17H,1-3H3/t12-,14+/m0/s1. The molecule has 0 aliphatic carbocycles. The molecule has 5 heteroatoms. The molecule has 2 aromatic rings. The molecule has 0 unspecified atom stereocenters. The number of hydrogen-bond donors (Lipinski definition) is 1. The summed E-state index contributed by atoms with van der Waals surface area (Å²) < 4.78 is 16.0. The molecule has 0 amide bonds. The first kappa shape index (κ1) is 13.1. The van der Waals surface area contributed by atoms with Crippen molar-refractivity contribution in [1.82, 2.24) is 0 Å². The number of methoxy groups -OCH3 is 1. The minimum Gasteiger partial charge on any atom is -0.496 e. The molecule has 1 aliphatic heterocycles. The summed E-state index contributed by atoms with van der Waals surface area (Å²) in [4.78, 5) is 11.5. The number of rotatable bonds is 3. The second kappa shape index (κ2) is 4.33. The van der Waals surface area contributed by atoms with E-state index in [9.17, 15) is 9.90 Å². The fourth-order valence-electron chi connectivity index (χ4n) is 2.48. The second-order valence-electron chi connectivity index (χ2n) is 5.44. The minimum absolute atomic E-state index is 0.340. The molecule has 106 valence electrons. The Kier molecular flexibility index (Phi) is 2.84. The summed E-state index contributed by atoms with van der Waals surface area (Å²) in [6.07, 6.45) is -1.25. The van der Waals surface area contributed by atoms with Crippen LogP contribution in [0, 0.1) is 0 Å². The van der Waals surface area contributed by atoms with Gasteiger partial charge in [0.2, 0.25) is 0 Å². The Morgan fingerprint density at radius 1 is 1.30 bits per heavy atom. The summed E-state index contributed by atoms with van der Waals surface area (Å²) in [5.41, 5.74) is -0.0501. The summed E-state index contributed by atoms with van der Waals surface area (Å²) in [5.74, 6) is 0.477. The Bertz CT molecular complexity index is 716. The second-order valence-corrected chi connectivity index (χ2v) is 5.44. The maximum atomic E-state index is 11.5. The number of aliphatic hydroxyl groups excluding tert-OH is 1. The van der Waals surface area contributed by atoms with Crippen LogP contribution in [0.3, 0.4) is 0 Å². The van der Waals surface area contributed by atoms with E-state index in [1.54, 1.807) is 18.2 Å². The van der Waals surface area contributed by atoms with Gasteiger partial charge < -0.3 is 19.0 Å². The van der Waals surface area contributed by atoms with E-state index in [4.69, 9.17) is 13.9 Å². The van der Waals surface area contributed by atoms with Crippen LogP contribution in [0.4, 0.5) is 0 Å². The van der Waals surface area contributed by atoms with Gasteiger partial charge in [-0.2, -0.15) is 0 Å². The summed E-state index contributed by atoms with van der Waals surface area (Å²) in [5, 5.41) is 11.3. The number of epoxide rings is 1. The molecule has 0 bridgehead atoms. The van der Waals surface area contributed by atoms with Crippen LogP contribution in [-0.2, 0) is 4.74 Å². The average Bonchev–Trinajstić information content (AvgIpc) is 3.05. The van der Waals surface area contributed by atoms with Crippen LogP contribution in [0.5, 0.6) is 5.75 Å². The SMILES string of the molecule is COc1ccc2ccc(=O)oc2c1[C@H](O)[C@H]1OC1(C)C. The first-order valence-electron chi connectivity index (χ1n) is 6.40. The average molecular weight is 276 g/mol. The zero-order valence-electron chi connectivity index (χ0n) is 11.5. The molecule has 20 heavy (non-hydrogen) atoms. The van der Waals surface area contributed by atoms with Crippen LogP contribution >= 0.6 is 0 Å². The number of ether oxygens (including phenoxy) is 2. The largest absolute Gasteiger partial charge is 0.496 e. The molecular weight excluding hydrogens is 260 g/mol. The first-order valence-corrected chi connectivity index (χ1v) is 6.40. The molecule has 0 saturated carbocycles. The van der Waals surface area contributed by atoms with Crippen molar-refractivity contribution in [3.8, 4) is 5.75 Å². The van der Waals surface area contributed by atoms with Crippen LogP contribution in [0.1, 0.15) is 25.5 Å². The smallest absolute Gasteiger partial charge is 0.336 e. The third-order valence-corrected chi connectivity index (χ3v) is 3.65. The lowest BCUT2D eigenvalue weighted by atomic mass is 9.97. The summed E-state index contributed by atoms with van der Waals surface area (Å²) in [6.45, 7) is 3.79. The highest BCUT2D eigenvalue weighted by Gasteiger charge is 2.53. The van der Waals surface area contributed by atoms with E-state index < -0.39 is 11.7 Å². The zero-order chi connectivity index (χ0) is 14.5. The molecule has 1 saturated heterocycles. The van der Waals surface area contributed by atoms with Gasteiger partial charge in [0.15, 0.2) is 0 Å². The van der Waals surface area contributed by atoms with Crippen molar-refractivity contribution in [1.29, 1.82) is 0 Å². The highest BCUT2D eigenvalue weighted by Crippen LogP contribution is 2.47. The summed E-state index contributed by atoms with van der Waals surface area (Å²) >= 11 is 0. The Balaban J connectivity index is 2.20. The molecular formula is C15H16O5. The fourth-order valence-corrected chi connectivity index (χ4v) is 2.48. The van der Waals surface area contributed by atoms with Gasteiger partial charge >= 0.3 is 5.63 Å². The highest BCUT2D eigenvalue weighted by molar-refractivity contribution is 5.82. The van der Waals surface area contributed by atoms with E-state index >= 15 is 0 Å². The third-order valence-electron chi connectivity index (χ3n) is 3.65. The number of fused-ring (bicyclic) bond motifs is 1. The Morgan fingerprint density at radius 3 is 2.55 bits per heavy atom. The van der Waals surface area contributed by atoms with Crippen molar-refractivity contribution in [3.05, 3.63) is 40.2 Å². The maximum absolute atomic E-state index is 11.5. The molecule has 2 heterocycles. The van der Waals surface area contributed by atoms with E-state index in [1.807, 2.05) is 13.8 Å². The van der Waals surface area contributed by atoms with Gasteiger partial charge in [0.1, 0.15) is 23.5 Å². The lowest BCUT2D eigenvalue weighted by Gasteiger charge is -2.15. The molecule has 1 aromatic carbocycles. The predicted octanol–water partition coefficient (Wildman–Crippen LogP) is 2.01. The molecule has 3 rings (SSSR count). The van der Waals surface area contributed by atoms with Crippen LogP contribution in [0.25, 0.3) is 11.0 Å². The number of benzene rings is 1. The van der Waals surface area contributed by atoms with Crippen molar-refractivity contribution >= 4 is 11.0 Å². The molecule has 0 radical (unpaired) electrons. The van der Waals surface area contributed by atoms with E-state index in [-0.39, 0.29) is 11.7 Å². The van der Waals surface area contributed by atoms with Crippen LogP contribution in [0.15, 0.2) is 33.5 Å². The number of hydrogen-bond acceptors (Lipinski definition) is 5. The molecule has 1 aromatic heterocycles. The van der Waals surface area contributed by atoms with E-state index in [0.717, 1.165) is 5.39 Å². The summed E-state index contributed by atoms with van der Waals surface area (Å²) in [7, 11) is 1.51. The van der Waals surface area contributed by atoms with Crippen molar-refractivity contribution < 1.29 is 19.0 Å². The maximum Gasteiger partial charge on any atom is 0.336 e. The van der Waals surface area contributed by atoms with Crippen molar-refractivity contribution in [3.63, 3.8) is 0 Å². The zero-order valence-corrected chi connectivity index (χ0v) is 11.5. The molecule has 5 nitrogen and oxygen atoms in total. The van der Waals surface area contributed by atoms with Gasteiger partial charge in [-0.05, 0) is 32.0 Å². The minimum atomic E-state index is -0.908. The third kappa shape index (κ3) is 1.99. The van der Waals surface area contributed by atoms with E-state index in [1.165, 1.54) is 13.2 Å². The highest BCUT2D eigenvalue weighted by atomic mass is 16.6. The van der Waals surface area contributed by atoms with Gasteiger partial charge in [0.05, 0.1) is 18.3 Å². The quantitative estimate of drug-likeness (QED) is 0.686. The van der Waals surface area contributed by atoms with Gasteiger partial charge in [0.25, 0.3) is 0 Å². The Labute approximate surface area is 115 Å². The molecule has 0 spiro atoms. The lowest BCUT2D eigenvalue weighted by molar-refractivity contribution is 0.133. The Hall–Kier alpha value is -1.85. The van der Waals surface area contributed by atoms with Crippen molar-refractivity contribution in [2.24, 2.45) is 0 Å². The fraction of sp³-hybridized carbons (Fsp3) is 0.400. The van der Waals surface area contributed by atoms with Gasteiger partial charge in [-0.25, -0.2) is 4.79 Å². The lowest BCUT2D eigenvalue weighted by Crippen LogP contribution is -2.14. The van der Waals surface area contributed by atoms with Gasteiger partial charge in [0, 0.05) is 11.5 Å². The number of aliphatic hydroxyl groups is 1.